The smallest absolute Gasteiger partial charge is 0.412 e. The monoisotopic (exact) mass is 286 g/mol. The summed E-state index contributed by atoms with van der Waals surface area (Å²) in [6.07, 6.45) is 0.581. The van der Waals surface area contributed by atoms with E-state index in [1.807, 2.05) is 0 Å². The normalized spacial score (nSPS) is 10.8. The summed E-state index contributed by atoms with van der Waals surface area (Å²) >= 11 is 5.87. The first-order valence-electron chi connectivity index (χ1n) is 5.47. The van der Waals surface area contributed by atoms with Gasteiger partial charge in [-0.05, 0) is 26.8 Å². The van der Waals surface area contributed by atoms with E-state index in [9.17, 15) is 9.59 Å². The first-order valence-corrected chi connectivity index (χ1v) is 5.84. The standard InChI is InChI=1S/C12H15ClN2O4/c1-12(2,3)19-11(17)15-8-5-9(10(16)18-4)14-6-7(8)13/h5-6H,1-4H3,(H,14,15,17). The molecule has 1 aromatic heterocycles. The van der Waals surface area contributed by atoms with Crippen molar-refractivity contribution >= 4 is 29.4 Å². The summed E-state index contributed by atoms with van der Waals surface area (Å²) in [5.41, 5.74) is -0.362. The van der Waals surface area contributed by atoms with E-state index in [1.54, 1.807) is 20.8 Å². The number of carbonyl (C=O) groups is 2. The number of hydrogen-bond donors (Lipinski definition) is 1. The molecule has 7 heteroatoms. The highest BCUT2D eigenvalue weighted by Crippen LogP contribution is 2.22. The number of pyridine rings is 1. The van der Waals surface area contributed by atoms with E-state index in [0.29, 0.717) is 0 Å². The van der Waals surface area contributed by atoms with Gasteiger partial charge in [-0.3, -0.25) is 5.32 Å². The van der Waals surface area contributed by atoms with E-state index in [-0.39, 0.29) is 16.4 Å². The van der Waals surface area contributed by atoms with Crippen molar-refractivity contribution in [1.29, 1.82) is 0 Å². The minimum absolute atomic E-state index is 0.0398. The number of carbonyl (C=O) groups excluding carboxylic acids is 2. The van der Waals surface area contributed by atoms with E-state index >= 15 is 0 Å². The molecule has 0 aliphatic heterocycles. The molecule has 6 nitrogen and oxygen atoms in total. The van der Waals surface area contributed by atoms with Gasteiger partial charge in [-0.2, -0.15) is 0 Å². The number of esters is 1. The predicted molar refractivity (Wildman–Crippen MR) is 70.4 cm³/mol. The summed E-state index contributed by atoms with van der Waals surface area (Å²) in [6.45, 7) is 5.21. The van der Waals surface area contributed by atoms with Crippen LogP contribution in [0.5, 0.6) is 0 Å². The summed E-state index contributed by atoms with van der Waals surface area (Å²) in [5, 5.41) is 2.64. The Balaban J connectivity index is 2.88. The fourth-order valence-electron chi connectivity index (χ4n) is 1.16. The third-order valence-electron chi connectivity index (χ3n) is 1.89. The maximum absolute atomic E-state index is 11.6. The van der Waals surface area contributed by atoms with Gasteiger partial charge in [0.05, 0.1) is 17.8 Å². The Bertz CT molecular complexity index is 497. The first-order chi connectivity index (χ1) is 8.73. The summed E-state index contributed by atoms with van der Waals surface area (Å²) in [6, 6.07) is 1.32. The van der Waals surface area contributed by atoms with E-state index in [0.717, 1.165) is 0 Å². The molecule has 0 spiro atoms. The zero-order chi connectivity index (χ0) is 14.6. The molecule has 0 saturated heterocycles. The highest BCUT2D eigenvalue weighted by Gasteiger charge is 2.18. The zero-order valence-corrected chi connectivity index (χ0v) is 11.9. The third-order valence-corrected chi connectivity index (χ3v) is 2.19. The minimum atomic E-state index is -0.670. The number of nitrogens with zero attached hydrogens (tertiary/aromatic N) is 1. The van der Waals surface area contributed by atoms with Gasteiger partial charge in [-0.15, -0.1) is 0 Å². The molecule has 1 N–H and O–H groups in total. The predicted octanol–water partition coefficient (Wildman–Crippen LogP) is 2.87. The molecule has 0 radical (unpaired) electrons. The SMILES string of the molecule is COC(=O)c1cc(NC(=O)OC(C)(C)C)c(Cl)cn1. The van der Waals surface area contributed by atoms with Crippen LogP contribution in [0, 0.1) is 0 Å². The Morgan fingerprint density at radius 1 is 1.37 bits per heavy atom. The number of hydrogen-bond acceptors (Lipinski definition) is 5. The molecule has 0 aromatic carbocycles. The second kappa shape index (κ2) is 5.88. The van der Waals surface area contributed by atoms with Gasteiger partial charge in [0, 0.05) is 6.20 Å². The van der Waals surface area contributed by atoms with Gasteiger partial charge in [0.2, 0.25) is 0 Å². The maximum Gasteiger partial charge on any atom is 0.412 e. The Morgan fingerprint density at radius 2 is 2.00 bits per heavy atom. The van der Waals surface area contributed by atoms with E-state index in [1.165, 1.54) is 19.4 Å². The Morgan fingerprint density at radius 3 is 2.53 bits per heavy atom. The lowest BCUT2D eigenvalue weighted by Crippen LogP contribution is -2.27. The molecule has 0 saturated carbocycles. The molecular formula is C12H15ClN2O4. The molecule has 1 aromatic rings. The van der Waals surface area contributed by atoms with Crippen LogP contribution in [0.15, 0.2) is 12.3 Å². The number of halogens is 1. The minimum Gasteiger partial charge on any atom is -0.464 e. The number of rotatable bonds is 2. The lowest BCUT2D eigenvalue weighted by atomic mass is 10.2. The summed E-state index contributed by atoms with van der Waals surface area (Å²) < 4.78 is 9.61. The fourth-order valence-corrected chi connectivity index (χ4v) is 1.31. The van der Waals surface area contributed by atoms with Crippen molar-refractivity contribution in [3.8, 4) is 0 Å². The molecule has 0 bridgehead atoms. The Kier molecular flexibility index (Phi) is 4.72. The summed E-state index contributed by atoms with van der Waals surface area (Å²) in [7, 11) is 1.24. The summed E-state index contributed by atoms with van der Waals surface area (Å²) in [4.78, 5) is 26.7. The van der Waals surface area contributed by atoms with Crippen LogP contribution in [0.25, 0.3) is 0 Å². The average Bonchev–Trinajstić information content (AvgIpc) is 2.28. The van der Waals surface area contributed by atoms with Crippen molar-refractivity contribution in [2.24, 2.45) is 0 Å². The van der Waals surface area contributed by atoms with Crippen LogP contribution in [0.4, 0.5) is 10.5 Å². The van der Waals surface area contributed by atoms with Crippen molar-refractivity contribution in [3.63, 3.8) is 0 Å². The van der Waals surface area contributed by atoms with Crippen LogP contribution in [0.1, 0.15) is 31.3 Å². The topological polar surface area (TPSA) is 77.5 Å². The molecule has 1 heterocycles. The summed E-state index contributed by atoms with van der Waals surface area (Å²) in [5.74, 6) is -0.621. The van der Waals surface area contributed by atoms with Crippen molar-refractivity contribution < 1.29 is 19.1 Å². The second-order valence-electron chi connectivity index (χ2n) is 4.67. The molecule has 104 valence electrons. The van der Waals surface area contributed by atoms with E-state index < -0.39 is 17.7 Å². The van der Waals surface area contributed by atoms with Gasteiger partial charge in [0.1, 0.15) is 5.60 Å². The molecule has 1 rings (SSSR count). The number of amides is 1. The molecular weight excluding hydrogens is 272 g/mol. The molecule has 0 aliphatic carbocycles. The Hall–Kier alpha value is -1.82. The molecule has 0 aliphatic rings. The van der Waals surface area contributed by atoms with Crippen LogP contribution in [0.2, 0.25) is 5.02 Å². The van der Waals surface area contributed by atoms with Gasteiger partial charge >= 0.3 is 12.1 Å². The highest BCUT2D eigenvalue weighted by molar-refractivity contribution is 6.33. The van der Waals surface area contributed by atoms with Crippen molar-refractivity contribution in [1.82, 2.24) is 4.98 Å². The van der Waals surface area contributed by atoms with E-state index in [4.69, 9.17) is 16.3 Å². The van der Waals surface area contributed by atoms with Gasteiger partial charge in [-0.25, -0.2) is 14.6 Å². The second-order valence-corrected chi connectivity index (χ2v) is 5.08. The van der Waals surface area contributed by atoms with Gasteiger partial charge in [-0.1, -0.05) is 11.6 Å². The Labute approximate surface area is 116 Å². The number of ether oxygens (including phenoxy) is 2. The number of methoxy groups -OCH3 is 1. The quantitative estimate of drug-likeness (QED) is 0.846. The highest BCUT2D eigenvalue weighted by atomic mass is 35.5. The van der Waals surface area contributed by atoms with Crippen LogP contribution >= 0.6 is 11.6 Å². The third kappa shape index (κ3) is 4.75. The average molecular weight is 287 g/mol. The molecule has 1 amide bonds. The fraction of sp³-hybridized carbons (Fsp3) is 0.417. The van der Waals surface area contributed by atoms with Crippen LogP contribution in [-0.2, 0) is 9.47 Å². The van der Waals surface area contributed by atoms with Gasteiger partial charge in [0.15, 0.2) is 5.69 Å². The lowest BCUT2D eigenvalue weighted by Gasteiger charge is -2.20. The van der Waals surface area contributed by atoms with Crippen LogP contribution in [0.3, 0.4) is 0 Å². The van der Waals surface area contributed by atoms with Crippen LogP contribution < -0.4 is 5.32 Å². The molecule has 19 heavy (non-hydrogen) atoms. The lowest BCUT2D eigenvalue weighted by molar-refractivity contribution is 0.0590. The van der Waals surface area contributed by atoms with Crippen molar-refractivity contribution in [2.75, 3.05) is 12.4 Å². The number of nitrogens with one attached hydrogen (secondary N) is 1. The van der Waals surface area contributed by atoms with Gasteiger partial charge in [0.25, 0.3) is 0 Å². The number of anilines is 1. The number of aromatic nitrogens is 1. The largest absolute Gasteiger partial charge is 0.464 e. The van der Waals surface area contributed by atoms with Crippen molar-refractivity contribution in [3.05, 3.63) is 23.0 Å². The maximum atomic E-state index is 11.6. The van der Waals surface area contributed by atoms with Crippen LogP contribution in [-0.4, -0.2) is 29.8 Å². The molecule has 0 fully saturated rings. The van der Waals surface area contributed by atoms with E-state index in [2.05, 4.69) is 15.0 Å². The van der Waals surface area contributed by atoms with Crippen molar-refractivity contribution in [2.45, 2.75) is 26.4 Å². The molecule has 0 unspecified atom stereocenters. The molecule has 0 atom stereocenters. The zero-order valence-electron chi connectivity index (χ0n) is 11.1. The first kappa shape index (κ1) is 15.2. The van der Waals surface area contributed by atoms with Gasteiger partial charge < -0.3 is 9.47 Å².